The van der Waals surface area contributed by atoms with E-state index in [2.05, 4.69) is 10.3 Å². The molecular formula is C22H19FN2O4. The van der Waals surface area contributed by atoms with Crippen LogP contribution in [-0.4, -0.2) is 29.1 Å². The molecule has 0 spiro atoms. The zero-order valence-electron chi connectivity index (χ0n) is 16.2. The molecule has 0 aliphatic carbocycles. The minimum atomic E-state index is -0.764. The van der Waals surface area contributed by atoms with Crippen molar-refractivity contribution in [1.29, 1.82) is 0 Å². The number of ether oxygens (including phenoxy) is 2. The van der Waals surface area contributed by atoms with Gasteiger partial charge in [-0.25, -0.2) is 9.18 Å². The fraction of sp³-hybridized carbons (Fsp3) is 0.227. The maximum Gasteiger partial charge on any atom is 0.339 e. The Morgan fingerprint density at radius 2 is 2.07 bits per heavy atom. The van der Waals surface area contributed by atoms with E-state index in [1.54, 1.807) is 31.3 Å². The molecule has 1 N–H and O–H groups in total. The van der Waals surface area contributed by atoms with Gasteiger partial charge in [0.1, 0.15) is 17.2 Å². The first kappa shape index (κ1) is 18.9. The van der Waals surface area contributed by atoms with Crippen molar-refractivity contribution in [3.05, 3.63) is 71.0 Å². The number of pyridine rings is 1. The van der Waals surface area contributed by atoms with Gasteiger partial charge in [-0.05, 0) is 51.1 Å². The minimum Gasteiger partial charge on any atom is -0.482 e. The number of hydrogen-bond acceptors (Lipinski definition) is 5. The molecule has 29 heavy (non-hydrogen) atoms. The molecule has 0 atom stereocenters. The molecule has 2 aliphatic rings. The molecule has 2 aromatic rings. The zero-order chi connectivity index (χ0) is 20.8. The Labute approximate surface area is 167 Å². The topological polar surface area (TPSA) is 77.5 Å². The molecule has 1 amide bonds. The van der Waals surface area contributed by atoms with E-state index in [0.29, 0.717) is 33.7 Å². The molecule has 0 radical (unpaired) electrons. The maximum atomic E-state index is 13.5. The third kappa shape index (κ3) is 3.29. The number of halogens is 1. The number of amides is 1. The molecule has 0 bridgehead atoms. The summed E-state index contributed by atoms with van der Waals surface area (Å²) in [5.74, 6) is -0.855. The van der Waals surface area contributed by atoms with E-state index in [4.69, 9.17) is 9.47 Å². The lowest BCUT2D eigenvalue weighted by molar-refractivity contribution is -0.111. The van der Waals surface area contributed by atoms with Gasteiger partial charge < -0.3 is 14.8 Å². The first-order chi connectivity index (χ1) is 13.8. The van der Waals surface area contributed by atoms with E-state index >= 15 is 0 Å². The Balaban J connectivity index is 1.80. The predicted octanol–water partition coefficient (Wildman–Crippen LogP) is 3.95. The number of allylic oxidation sites excluding steroid dienone is 1. The second-order valence-corrected chi connectivity index (χ2v) is 7.24. The monoisotopic (exact) mass is 394 g/mol. The highest BCUT2D eigenvalue weighted by Gasteiger charge is 2.38. The van der Waals surface area contributed by atoms with E-state index in [1.807, 2.05) is 13.8 Å². The van der Waals surface area contributed by atoms with Crippen molar-refractivity contribution in [2.24, 2.45) is 0 Å². The fourth-order valence-electron chi connectivity index (χ4n) is 3.52. The van der Waals surface area contributed by atoms with Gasteiger partial charge in [0.2, 0.25) is 0 Å². The lowest BCUT2D eigenvalue weighted by Crippen LogP contribution is -2.21. The molecule has 1 aromatic carbocycles. The van der Waals surface area contributed by atoms with Crippen molar-refractivity contribution < 1.29 is 23.5 Å². The summed E-state index contributed by atoms with van der Waals surface area (Å²) < 4.78 is 24.6. The van der Waals surface area contributed by atoms with E-state index in [-0.39, 0.29) is 12.5 Å². The van der Waals surface area contributed by atoms with Crippen molar-refractivity contribution in [2.75, 3.05) is 11.9 Å². The van der Waals surface area contributed by atoms with Crippen LogP contribution in [0.5, 0.6) is 0 Å². The molecule has 6 nitrogen and oxygen atoms in total. The number of hydrogen-bond donors (Lipinski definition) is 1. The number of aromatic nitrogens is 1. The van der Waals surface area contributed by atoms with Crippen LogP contribution in [0.25, 0.3) is 11.1 Å². The lowest BCUT2D eigenvalue weighted by Gasteiger charge is -2.23. The molecule has 0 fully saturated rings. The van der Waals surface area contributed by atoms with Crippen LogP contribution in [0, 0.1) is 5.82 Å². The Kier molecular flexibility index (Phi) is 4.45. The van der Waals surface area contributed by atoms with E-state index < -0.39 is 17.4 Å². The molecule has 3 heterocycles. The van der Waals surface area contributed by atoms with Crippen LogP contribution in [0.15, 0.2) is 48.5 Å². The summed E-state index contributed by atoms with van der Waals surface area (Å²) >= 11 is 0. The summed E-state index contributed by atoms with van der Waals surface area (Å²) in [4.78, 5) is 28.7. The van der Waals surface area contributed by atoms with Crippen LogP contribution >= 0.6 is 0 Å². The summed E-state index contributed by atoms with van der Waals surface area (Å²) in [7, 11) is 0. The van der Waals surface area contributed by atoms with Crippen LogP contribution in [0.2, 0.25) is 0 Å². The predicted molar refractivity (Wildman–Crippen MR) is 105 cm³/mol. The van der Waals surface area contributed by atoms with Crippen LogP contribution in [0.3, 0.4) is 0 Å². The second kappa shape index (κ2) is 6.84. The Morgan fingerprint density at radius 1 is 1.28 bits per heavy atom. The van der Waals surface area contributed by atoms with Crippen molar-refractivity contribution in [3.63, 3.8) is 0 Å². The standard InChI is InChI=1S/C22H19FN2O4/c1-4-28-21(27)13-7-12(10-24-11-13)16-9-18(29-22(16,2)3)19-15-6-5-14(23)8-17(15)25-20(19)26/h5-11H,4H2,1-3H3,(H,25,26). The smallest absolute Gasteiger partial charge is 0.339 e. The summed E-state index contributed by atoms with van der Waals surface area (Å²) in [5.41, 5.74) is 2.36. The first-order valence-corrected chi connectivity index (χ1v) is 9.19. The molecule has 1 aromatic heterocycles. The average Bonchev–Trinajstić information content (AvgIpc) is 3.16. The third-order valence-corrected chi connectivity index (χ3v) is 4.82. The average molecular weight is 394 g/mol. The van der Waals surface area contributed by atoms with Crippen molar-refractivity contribution in [1.82, 2.24) is 4.98 Å². The van der Waals surface area contributed by atoms with Crippen molar-refractivity contribution in [2.45, 2.75) is 26.4 Å². The quantitative estimate of drug-likeness (QED) is 0.630. The number of nitrogens with zero attached hydrogens (tertiary/aromatic N) is 1. The minimum absolute atomic E-state index is 0.270. The zero-order valence-corrected chi connectivity index (χ0v) is 16.2. The largest absolute Gasteiger partial charge is 0.482 e. The number of carbonyl (C=O) groups is 2. The van der Waals surface area contributed by atoms with Crippen molar-refractivity contribution >= 4 is 28.7 Å². The van der Waals surface area contributed by atoms with Gasteiger partial charge in [-0.1, -0.05) is 0 Å². The number of fused-ring (bicyclic) bond motifs is 1. The van der Waals surface area contributed by atoms with Gasteiger partial charge in [-0.3, -0.25) is 9.78 Å². The van der Waals surface area contributed by atoms with Crippen LogP contribution < -0.4 is 5.32 Å². The van der Waals surface area contributed by atoms with Gasteiger partial charge in [-0.2, -0.15) is 0 Å². The third-order valence-electron chi connectivity index (χ3n) is 4.82. The summed E-state index contributed by atoms with van der Waals surface area (Å²) in [6.45, 7) is 5.73. The van der Waals surface area contributed by atoms with Gasteiger partial charge in [0.25, 0.3) is 5.91 Å². The van der Waals surface area contributed by atoms with Crippen LogP contribution in [0.1, 0.15) is 42.3 Å². The maximum absolute atomic E-state index is 13.5. The highest BCUT2D eigenvalue weighted by Crippen LogP contribution is 2.44. The fourth-order valence-corrected chi connectivity index (χ4v) is 3.52. The highest BCUT2D eigenvalue weighted by molar-refractivity contribution is 6.32. The normalized spacial score (nSPS) is 19.3. The Bertz CT molecular complexity index is 1100. The lowest BCUT2D eigenvalue weighted by atomic mass is 9.92. The summed E-state index contributed by atoms with van der Waals surface area (Å²) in [6, 6.07) is 5.82. The number of carbonyl (C=O) groups excluding carboxylic acids is 2. The number of anilines is 1. The Hall–Kier alpha value is -3.48. The summed E-state index contributed by atoms with van der Waals surface area (Å²) in [6.07, 6.45) is 4.84. The van der Waals surface area contributed by atoms with Gasteiger partial charge in [0, 0.05) is 29.1 Å². The molecule has 0 saturated heterocycles. The summed E-state index contributed by atoms with van der Waals surface area (Å²) in [5, 5.41) is 2.67. The number of rotatable bonds is 3. The van der Waals surface area contributed by atoms with Crippen LogP contribution in [-0.2, 0) is 14.3 Å². The Morgan fingerprint density at radius 3 is 2.83 bits per heavy atom. The van der Waals surface area contributed by atoms with Crippen molar-refractivity contribution in [3.8, 4) is 0 Å². The van der Waals surface area contributed by atoms with Gasteiger partial charge in [0.05, 0.1) is 23.4 Å². The van der Waals surface area contributed by atoms with Gasteiger partial charge in [0.15, 0.2) is 0 Å². The van der Waals surface area contributed by atoms with E-state index in [1.165, 1.54) is 18.3 Å². The van der Waals surface area contributed by atoms with E-state index in [9.17, 15) is 14.0 Å². The van der Waals surface area contributed by atoms with Crippen LogP contribution in [0.4, 0.5) is 10.1 Å². The molecule has 0 unspecified atom stereocenters. The second-order valence-electron chi connectivity index (χ2n) is 7.24. The molecule has 2 aliphatic heterocycles. The van der Waals surface area contributed by atoms with Gasteiger partial charge in [-0.15, -0.1) is 0 Å². The first-order valence-electron chi connectivity index (χ1n) is 9.19. The van der Waals surface area contributed by atoms with Gasteiger partial charge >= 0.3 is 5.97 Å². The molecule has 0 saturated carbocycles. The SMILES string of the molecule is CCOC(=O)c1cncc(C2=CC(=C3C(=O)Nc4cc(F)ccc43)OC2(C)C)c1. The molecular weight excluding hydrogens is 375 g/mol. The number of esters is 1. The molecule has 148 valence electrons. The molecule has 7 heteroatoms. The number of nitrogens with one attached hydrogen (secondary N) is 1. The highest BCUT2D eigenvalue weighted by atomic mass is 19.1. The molecule has 4 rings (SSSR count). The number of benzene rings is 1. The van der Waals surface area contributed by atoms with E-state index in [0.717, 1.165) is 5.57 Å².